The summed E-state index contributed by atoms with van der Waals surface area (Å²) in [6, 6.07) is 7.83. The van der Waals surface area contributed by atoms with Gasteiger partial charge in [-0.2, -0.15) is 0 Å². The first-order valence-corrected chi connectivity index (χ1v) is 4.10. The average Bonchev–Trinajstić information content (AvgIpc) is 2.07. The van der Waals surface area contributed by atoms with Crippen LogP contribution in [0.3, 0.4) is 0 Å². The van der Waals surface area contributed by atoms with E-state index in [1.54, 1.807) is 0 Å². The zero-order chi connectivity index (χ0) is 8.97. The molecule has 1 aromatic rings. The number of rotatable bonds is 3. The first-order chi connectivity index (χ1) is 5.77. The molecule has 1 atom stereocenters. The zero-order valence-electron chi connectivity index (χ0n) is 7.26. The first-order valence-electron chi connectivity index (χ1n) is 4.10. The van der Waals surface area contributed by atoms with Gasteiger partial charge in [0, 0.05) is 12.5 Å². The predicted molar refractivity (Wildman–Crippen MR) is 48.9 cm³/mol. The standard InChI is InChI=1S/C10H14FN/c1-8-3-2-4-9(5-8)10(6-11)7-12/h2-5,10H,6-7,12H2,1H3. The molecule has 0 aliphatic carbocycles. The number of alkyl halides is 1. The molecule has 0 aliphatic heterocycles. The molecule has 0 bridgehead atoms. The van der Waals surface area contributed by atoms with Gasteiger partial charge in [0.15, 0.2) is 0 Å². The maximum atomic E-state index is 12.4. The predicted octanol–water partition coefficient (Wildman–Crippen LogP) is 2.01. The Morgan fingerprint density at radius 1 is 1.50 bits per heavy atom. The Balaban J connectivity index is 2.85. The summed E-state index contributed by atoms with van der Waals surface area (Å²) in [5.74, 6) is -0.134. The van der Waals surface area contributed by atoms with Crippen molar-refractivity contribution in [2.24, 2.45) is 5.73 Å². The molecular weight excluding hydrogens is 153 g/mol. The zero-order valence-corrected chi connectivity index (χ0v) is 7.26. The maximum absolute atomic E-state index is 12.4. The highest BCUT2D eigenvalue weighted by Gasteiger charge is 2.07. The monoisotopic (exact) mass is 167 g/mol. The molecule has 0 radical (unpaired) electrons. The number of nitrogens with two attached hydrogens (primary N) is 1. The van der Waals surface area contributed by atoms with Crippen molar-refractivity contribution >= 4 is 0 Å². The summed E-state index contributed by atoms with van der Waals surface area (Å²) in [7, 11) is 0. The Bertz CT molecular complexity index is 243. The summed E-state index contributed by atoms with van der Waals surface area (Å²) < 4.78 is 12.4. The Morgan fingerprint density at radius 3 is 2.75 bits per heavy atom. The number of hydrogen-bond donors (Lipinski definition) is 1. The van der Waals surface area contributed by atoms with Gasteiger partial charge in [-0.1, -0.05) is 29.8 Å². The van der Waals surface area contributed by atoms with Crippen LogP contribution in [-0.2, 0) is 0 Å². The van der Waals surface area contributed by atoms with E-state index in [1.807, 2.05) is 31.2 Å². The second-order valence-electron chi connectivity index (χ2n) is 3.00. The summed E-state index contributed by atoms with van der Waals surface area (Å²) >= 11 is 0. The maximum Gasteiger partial charge on any atom is 0.0975 e. The van der Waals surface area contributed by atoms with Crippen molar-refractivity contribution in [3.63, 3.8) is 0 Å². The molecule has 0 saturated carbocycles. The number of halogens is 1. The summed E-state index contributed by atoms with van der Waals surface area (Å²) in [6.07, 6.45) is 0. The summed E-state index contributed by atoms with van der Waals surface area (Å²) in [4.78, 5) is 0. The average molecular weight is 167 g/mol. The van der Waals surface area contributed by atoms with Gasteiger partial charge in [-0.3, -0.25) is 4.39 Å². The minimum Gasteiger partial charge on any atom is -0.330 e. The van der Waals surface area contributed by atoms with E-state index >= 15 is 0 Å². The highest BCUT2D eigenvalue weighted by atomic mass is 19.1. The summed E-state index contributed by atoms with van der Waals surface area (Å²) in [5, 5.41) is 0. The van der Waals surface area contributed by atoms with E-state index in [2.05, 4.69) is 0 Å². The Labute approximate surface area is 72.4 Å². The number of benzene rings is 1. The minimum atomic E-state index is -0.375. The molecule has 1 nitrogen and oxygen atoms in total. The highest BCUT2D eigenvalue weighted by molar-refractivity contribution is 5.25. The van der Waals surface area contributed by atoms with E-state index < -0.39 is 0 Å². The van der Waals surface area contributed by atoms with Crippen LogP contribution in [0, 0.1) is 6.92 Å². The van der Waals surface area contributed by atoms with Crippen molar-refractivity contribution < 1.29 is 4.39 Å². The van der Waals surface area contributed by atoms with E-state index in [0.29, 0.717) is 6.54 Å². The van der Waals surface area contributed by atoms with Gasteiger partial charge in [0.2, 0.25) is 0 Å². The van der Waals surface area contributed by atoms with Crippen LogP contribution in [0.5, 0.6) is 0 Å². The Kier molecular flexibility index (Phi) is 3.23. The van der Waals surface area contributed by atoms with Crippen LogP contribution < -0.4 is 5.73 Å². The van der Waals surface area contributed by atoms with Crippen LogP contribution in [-0.4, -0.2) is 13.2 Å². The largest absolute Gasteiger partial charge is 0.330 e. The molecule has 1 rings (SSSR count). The fraction of sp³-hybridized carbons (Fsp3) is 0.400. The Hall–Kier alpha value is -0.890. The van der Waals surface area contributed by atoms with Gasteiger partial charge in [-0.05, 0) is 12.5 Å². The van der Waals surface area contributed by atoms with Crippen molar-refractivity contribution in [1.29, 1.82) is 0 Å². The third-order valence-corrected chi connectivity index (χ3v) is 1.98. The lowest BCUT2D eigenvalue weighted by Gasteiger charge is -2.10. The molecule has 0 fully saturated rings. The first kappa shape index (κ1) is 9.20. The van der Waals surface area contributed by atoms with Crippen molar-refractivity contribution in [3.8, 4) is 0 Å². The molecular formula is C10H14FN. The molecule has 0 amide bonds. The second-order valence-corrected chi connectivity index (χ2v) is 3.00. The van der Waals surface area contributed by atoms with Crippen LogP contribution >= 0.6 is 0 Å². The molecule has 1 aromatic carbocycles. The van der Waals surface area contributed by atoms with Crippen molar-refractivity contribution in [3.05, 3.63) is 35.4 Å². The third kappa shape index (κ3) is 2.05. The van der Waals surface area contributed by atoms with E-state index in [9.17, 15) is 4.39 Å². The third-order valence-electron chi connectivity index (χ3n) is 1.98. The molecule has 12 heavy (non-hydrogen) atoms. The fourth-order valence-electron chi connectivity index (χ4n) is 1.21. The van der Waals surface area contributed by atoms with Crippen LogP contribution in [0.4, 0.5) is 4.39 Å². The molecule has 0 aromatic heterocycles. The lowest BCUT2D eigenvalue weighted by molar-refractivity contribution is 0.434. The number of hydrogen-bond acceptors (Lipinski definition) is 1. The normalized spacial score (nSPS) is 12.9. The lowest BCUT2D eigenvalue weighted by Crippen LogP contribution is -2.14. The van der Waals surface area contributed by atoms with Crippen LogP contribution in [0.25, 0.3) is 0 Å². The second kappa shape index (κ2) is 4.21. The lowest BCUT2D eigenvalue weighted by atomic mass is 9.99. The van der Waals surface area contributed by atoms with Gasteiger partial charge >= 0.3 is 0 Å². The van der Waals surface area contributed by atoms with Crippen LogP contribution in [0.1, 0.15) is 17.0 Å². The molecule has 0 heterocycles. The molecule has 0 saturated heterocycles. The fourth-order valence-corrected chi connectivity index (χ4v) is 1.21. The van der Waals surface area contributed by atoms with Gasteiger partial charge in [0.25, 0.3) is 0 Å². The van der Waals surface area contributed by atoms with E-state index in [1.165, 1.54) is 0 Å². The molecule has 2 N–H and O–H groups in total. The van der Waals surface area contributed by atoms with Crippen LogP contribution in [0.2, 0.25) is 0 Å². The van der Waals surface area contributed by atoms with E-state index in [4.69, 9.17) is 5.73 Å². The van der Waals surface area contributed by atoms with Gasteiger partial charge in [0.1, 0.15) is 0 Å². The topological polar surface area (TPSA) is 26.0 Å². The SMILES string of the molecule is Cc1cccc(C(CN)CF)c1. The van der Waals surface area contributed by atoms with Crippen molar-refractivity contribution in [2.75, 3.05) is 13.2 Å². The van der Waals surface area contributed by atoms with Gasteiger partial charge < -0.3 is 5.73 Å². The quantitative estimate of drug-likeness (QED) is 0.732. The van der Waals surface area contributed by atoms with Crippen molar-refractivity contribution in [2.45, 2.75) is 12.8 Å². The van der Waals surface area contributed by atoms with E-state index in [-0.39, 0.29) is 12.6 Å². The molecule has 66 valence electrons. The summed E-state index contributed by atoms with van der Waals surface area (Å²) in [6.45, 7) is 2.00. The molecule has 0 spiro atoms. The van der Waals surface area contributed by atoms with Gasteiger partial charge in [0.05, 0.1) is 6.67 Å². The molecule has 2 heteroatoms. The van der Waals surface area contributed by atoms with Crippen molar-refractivity contribution in [1.82, 2.24) is 0 Å². The summed E-state index contributed by atoms with van der Waals surface area (Å²) in [5.41, 5.74) is 7.58. The minimum absolute atomic E-state index is 0.134. The number of aryl methyl sites for hydroxylation is 1. The van der Waals surface area contributed by atoms with Gasteiger partial charge in [-0.25, -0.2) is 0 Å². The van der Waals surface area contributed by atoms with Gasteiger partial charge in [-0.15, -0.1) is 0 Å². The smallest absolute Gasteiger partial charge is 0.0975 e. The van der Waals surface area contributed by atoms with E-state index in [0.717, 1.165) is 11.1 Å². The molecule has 1 unspecified atom stereocenters. The molecule has 0 aliphatic rings. The van der Waals surface area contributed by atoms with Crippen LogP contribution in [0.15, 0.2) is 24.3 Å². The Morgan fingerprint density at radius 2 is 2.25 bits per heavy atom. The highest BCUT2D eigenvalue weighted by Crippen LogP contribution is 2.15.